The lowest BCUT2D eigenvalue weighted by molar-refractivity contribution is -0.138. The molecule has 0 unspecified atom stereocenters. The Morgan fingerprint density at radius 3 is 2.71 bits per heavy atom. The smallest absolute Gasteiger partial charge is 0.416 e. The number of halogens is 3. The molecule has 24 heavy (non-hydrogen) atoms. The Labute approximate surface area is 145 Å². The summed E-state index contributed by atoms with van der Waals surface area (Å²) < 4.78 is 43.3. The molecule has 0 atom stereocenters. The second-order valence-electron chi connectivity index (χ2n) is 5.34. The number of rotatable bonds is 2. The number of hydrogen-bond donors (Lipinski definition) is 0. The molecule has 1 aromatic carbocycles. The maximum atomic E-state index is 12.7. The summed E-state index contributed by atoms with van der Waals surface area (Å²) in [6, 6.07) is 4.33. The number of fused-ring (bicyclic) bond motifs is 1. The summed E-state index contributed by atoms with van der Waals surface area (Å²) in [6.07, 6.45) is -2.72. The van der Waals surface area contributed by atoms with Crippen LogP contribution < -0.4 is 4.74 Å². The van der Waals surface area contributed by atoms with Gasteiger partial charge in [-0.2, -0.15) is 13.2 Å². The van der Waals surface area contributed by atoms with Crippen LogP contribution in [0.25, 0.3) is 6.08 Å². The van der Waals surface area contributed by atoms with Gasteiger partial charge in [0.05, 0.1) is 10.5 Å². The Balaban J connectivity index is 1.81. The van der Waals surface area contributed by atoms with Crippen LogP contribution in [0.15, 0.2) is 29.2 Å². The lowest BCUT2D eigenvalue weighted by Gasteiger charge is -2.14. The van der Waals surface area contributed by atoms with E-state index < -0.39 is 17.7 Å². The number of thioether (sulfide) groups is 1. The largest absolute Gasteiger partial charge is 0.423 e. The third-order valence-electron chi connectivity index (χ3n) is 3.75. The van der Waals surface area contributed by atoms with Gasteiger partial charge in [-0.15, -0.1) is 23.1 Å². The minimum absolute atomic E-state index is 0.110. The molecule has 2 heterocycles. The van der Waals surface area contributed by atoms with E-state index in [0.717, 1.165) is 17.0 Å². The molecule has 2 aromatic rings. The van der Waals surface area contributed by atoms with Crippen molar-refractivity contribution in [2.45, 2.75) is 25.8 Å². The van der Waals surface area contributed by atoms with Crippen LogP contribution >= 0.6 is 23.1 Å². The van der Waals surface area contributed by atoms with Crippen LogP contribution in [0, 0.1) is 13.8 Å². The van der Waals surface area contributed by atoms with E-state index in [2.05, 4.69) is 0 Å². The molecule has 0 saturated heterocycles. The molecule has 3 rings (SSSR count). The number of hydrogen-bond acceptors (Lipinski definition) is 4. The van der Waals surface area contributed by atoms with E-state index in [-0.39, 0.29) is 5.75 Å². The van der Waals surface area contributed by atoms with Gasteiger partial charge in [0.15, 0.2) is 0 Å². The van der Waals surface area contributed by atoms with Gasteiger partial charge in [0.25, 0.3) is 0 Å². The Morgan fingerprint density at radius 1 is 1.25 bits per heavy atom. The Hall–Kier alpha value is -1.73. The van der Waals surface area contributed by atoms with Crippen molar-refractivity contribution in [3.63, 3.8) is 0 Å². The highest BCUT2D eigenvalue weighted by molar-refractivity contribution is 8.03. The van der Waals surface area contributed by atoms with Crippen molar-refractivity contribution in [2.24, 2.45) is 0 Å². The van der Waals surface area contributed by atoms with E-state index in [9.17, 15) is 18.0 Å². The van der Waals surface area contributed by atoms with Crippen molar-refractivity contribution in [1.29, 1.82) is 0 Å². The minimum atomic E-state index is -4.47. The highest BCUT2D eigenvalue weighted by Gasteiger charge is 2.31. The molecule has 0 N–H and O–H groups in total. The van der Waals surface area contributed by atoms with Crippen molar-refractivity contribution >= 4 is 35.1 Å². The summed E-state index contributed by atoms with van der Waals surface area (Å²) in [6.45, 7) is 4.07. The highest BCUT2D eigenvalue weighted by atomic mass is 32.2. The summed E-state index contributed by atoms with van der Waals surface area (Å²) in [5.41, 5.74) is 1.59. The summed E-state index contributed by atoms with van der Waals surface area (Å²) in [7, 11) is 0. The number of benzene rings is 1. The van der Waals surface area contributed by atoms with Crippen molar-refractivity contribution in [1.82, 2.24) is 0 Å². The average molecular weight is 370 g/mol. The predicted molar refractivity (Wildman–Crippen MR) is 90.1 cm³/mol. The van der Waals surface area contributed by atoms with Crippen LogP contribution in [0.2, 0.25) is 0 Å². The fourth-order valence-electron chi connectivity index (χ4n) is 2.32. The number of thiophene rings is 1. The Morgan fingerprint density at radius 2 is 2.00 bits per heavy atom. The van der Waals surface area contributed by atoms with Crippen molar-refractivity contribution in [3.8, 4) is 5.75 Å². The number of alkyl halides is 3. The first kappa shape index (κ1) is 17.1. The van der Waals surface area contributed by atoms with E-state index in [1.54, 1.807) is 17.4 Å². The van der Waals surface area contributed by atoms with Gasteiger partial charge in [-0.1, -0.05) is 6.07 Å². The summed E-state index contributed by atoms with van der Waals surface area (Å²) >= 11 is 2.95. The van der Waals surface area contributed by atoms with E-state index in [0.29, 0.717) is 10.7 Å². The molecule has 0 fully saturated rings. The van der Waals surface area contributed by atoms with E-state index >= 15 is 0 Å². The third-order valence-corrected chi connectivity index (χ3v) is 5.97. The number of carbonyl (C=O) groups excluding carboxylic acids is 1. The Kier molecular flexibility index (Phi) is 4.48. The first-order chi connectivity index (χ1) is 11.3. The first-order valence-corrected chi connectivity index (χ1v) is 8.88. The molecular weight excluding hydrogens is 357 g/mol. The van der Waals surface area contributed by atoms with Gasteiger partial charge in [0.1, 0.15) is 5.75 Å². The summed E-state index contributed by atoms with van der Waals surface area (Å²) in [5, 5.41) is 0. The third kappa shape index (κ3) is 3.37. The second-order valence-corrected chi connectivity index (χ2v) is 7.61. The molecule has 126 valence electrons. The lowest BCUT2D eigenvalue weighted by Crippen LogP contribution is -2.12. The monoisotopic (exact) mass is 370 g/mol. The molecular formula is C17H13F3O2S2. The summed E-state index contributed by atoms with van der Waals surface area (Å²) in [4.78, 5) is 14.9. The van der Waals surface area contributed by atoms with Gasteiger partial charge in [0.2, 0.25) is 0 Å². The zero-order valence-corrected chi connectivity index (χ0v) is 14.5. The molecule has 2 nitrogen and oxygen atoms in total. The van der Waals surface area contributed by atoms with Gasteiger partial charge in [-0.05, 0) is 49.2 Å². The maximum Gasteiger partial charge on any atom is 0.416 e. The highest BCUT2D eigenvalue weighted by Crippen LogP contribution is 2.40. The van der Waals surface area contributed by atoms with Crippen LogP contribution in [0.1, 0.15) is 26.4 Å². The molecule has 0 bridgehead atoms. The van der Waals surface area contributed by atoms with Crippen LogP contribution in [0.4, 0.5) is 13.2 Å². The van der Waals surface area contributed by atoms with Crippen molar-refractivity contribution in [2.75, 3.05) is 0 Å². The standard InChI is InChI=1S/C17H13F3O2S2/c1-9-10(2)24-14-7-15(23-8-13(9)14)16(21)22-12-5-3-4-11(6-12)17(18,19)20/h3-7H,8H2,1-2H3. The molecule has 0 spiro atoms. The minimum Gasteiger partial charge on any atom is -0.423 e. The molecule has 1 aromatic heterocycles. The Bertz CT molecular complexity index is 835. The SMILES string of the molecule is Cc1sc2c(c1C)CSC(C(=O)Oc1cccc(C(F)(F)F)c1)=C2. The van der Waals surface area contributed by atoms with E-state index in [1.807, 2.05) is 13.8 Å². The number of esters is 1. The maximum absolute atomic E-state index is 12.7. The molecule has 1 aliphatic heterocycles. The van der Waals surface area contributed by atoms with E-state index in [1.165, 1.54) is 39.9 Å². The molecule has 0 amide bonds. The topological polar surface area (TPSA) is 26.3 Å². The fourth-order valence-corrected chi connectivity index (χ4v) is 4.65. The zero-order valence-electron chi connectivity index (χ0n) is 12.9. The first-order valence-electron chi connectivity index (χ1n) is 7.08. The number of aryl methyl sites for hydroxylation is 1. The van der Waals surface area contributed by atoms with Crippen molar-refractivity contribution < 1.29 is 22.7 Å². The van der Waals surface area contributed by atoms with Gasteiger partial charge in [0, 0.05) is 15.5 Å². The zero-order chi connectivity index (χ0) is 17.5. The number of carbonyl (C=O) groups is 1. The van der Waals surface area contributed by atoms with Gasteiger partial charge >= 0.3 is 12.1 Å². The second kappa shape index (κ2) is 6.29. The number of ether oxygens (including phenoxy) is 1. The van der Waals surface area contributed by atoms with Crippen LogP contribution in [0.5, 0.6) is 5.75 Å². The average Bonchev–Trinajstić information content (AvgIpc) is 2.81. The van der Waals surface area contributed by atoms with E-state index in [4.69, 9.17) is 4.74 Å². The van der Waals surface area contributed by atoms with Crippen molar-refractivity contribution in [3.05, 3.63) is 55.6 Å². The molecule has 0 radical (unpaired) electrons. The molecule has 1 aliphatic rings. The molecule has 0 aliphatic carbocycles. The quantitative estimate of drug-likeness (QED) is 0.510. The van der Waals surface area contributed by atoms with Gasteiger partial charge in [-0.25, -0.2) is 4.79 Å². The molecule has 7 heteroatoms. The van der Waals surface area contributed by atoms with Gasteiger partial charge < -0.3 is 4.74 Å². The van der Waals surface area contributed by atoms with Crippen LogP contribution in [0.3, 0.4) is 0 Å². The molecule has 0 saturated carbocycles. The van der Waals surface area contributed by atoms with Crippen LogP contribution in [-0.4, -0.2) is 5.97 Å². The van der Waals surface area contributed by atoms with Gasteiger partial charge in [-0.3, -0.25) is 0 Å². The fraction of sp³-hybridized carbons (Fsp3) is 0.235. The normalized spacial score (nSPS) is 14.1. The van der Waals surface area contributed by atoms with Crippen LogP contribution in [-0.2, 0) is 16.7 Å². The lowest BCUT2D eigenvalue weighted by atomic mass is 10.1. The summed E-state index contributed by atoms with van der Waals surface area (Å²) in [5.74, 6) is -0.0796. The predicted octanol–water partition coefficient (Wildman–Crippen LogP) is 5.58.